The Labute approximate surface area is 114 Å². The molecule has 0 saturated carbocycles. The summed E-state index contributed by atoms with van der Waals surface area (Å²) in [6.07, 6.45) is 0.757. The van der Waals surface area contributed by atoms with E-state index in [1.807, 2.05) is 19.1 Å². The molecule has 1 atom stereocenters. The molecule has 1 aromatic carbocycles. The fourth-order valence-corrected chi connectivity index (χ4v) is 2.70. The molecule has 1 aromatic rings. The predicted octanol–water partition coefficient (Wildman–Crippen LogP) is 1.50. The number of halogens is 1. The maximum Gasteiger partial charge on any atom is 0.171 e. The van der Waals surface area contributed by atoms with E-state index in [0.717, 1.165) is 23.1 Å². The number of oxime groups is 1. The van der Waals surface area contributed by atoms with E-state index in [9.17, 15) is 5.11 Å². The van der Waals surface area contributed by atoms with Crippen molar-refractivity contribution >= 4 is 27.5 Å². The Hall–Kier alpha value is -1.27. The molecule has 18 heavy (non-hydrogen) atoms. The van der Waals surface area contributed by atoms with Gasteiger partial charge in [0.25, 0.3) is 0 Å². The van der Waals surface area contributed by atoms with Crippen molar-refractivity contribution in [1.82, 2.24) is 0 Å². The number of nitrogens with zero attached hydrogens (tertiary/aromatic N) is 2. The summed E-state index contributed by atoms with van der Waals surface area (Å²) in [5, 5.41) is 21.6. The van der Waals surface area contributed by atoms with Crippen LogP contribution in [-0.4, -0.2) is 34.8 Å². The second-order valence-electron chi connectivity index (χ2n) is 4.82. The minimum absolute atomic E-state index is 0.0712. The van der Waals surface area contributed by atoms with Crippen LogP contribution in [0.3, 0.4) is 0 Å². The lowest BCUT2D eigenvalue weighted by Gasteiger charge is -2.21. The lowest BCUT2D eigenvalue weighted by molar-refractivity contribution is 0.0839. The minimum Gasteiger partial charge on any atom is -0.409 e. The summed E-state index contributed by atoms with van der Waals surface area (Å²) in [4.78, 5) is 2.11. The molecule has 0 radical (unpaired) electrons. The van der Waals surface area contributed by atoms with E-state index in [-0.39, 0.29) is 5.84 Å². The number of benzene rings is 1. The van der Waals surface area contributed by atoms with Crippen molar-refractivity contribution in [3.63, 3.8) is 0 Å². The SMILES string of the molecule is CC1(O)CCN(c2ccc(/C(N)=N/O)c(Br)c2)C1. The van der Waals surface area contributed by atoms with Crippen LogP contribution in [0.15, 0.2) is 27.8 Å². The Morgan fingerprint density at radius 2 is 2.28 bits per heavy atom. The molecule has 4 N–H and O–H groups in total. The van der Waals surface area contributed by atoms with Gasteiger partial charge in [0, 0.05) is 28.8 Å². The number of aliphatic hydroxyl groups is 1. The zero-order chi connectivity index (χ0) is 13.3. The van der Waals surface area contributed by atoms with Crippen LogP contribution in [0, 0.1) is 0 Å². The number of β-amino-alcohol motifs (C(OH)–C–C–N with tert-alkyl or cyclic N) is 1. The van der Waals surface area contributed by atoms with E-state index in [0.29, 0.717) is 12.1 Å². The molecule has 0 bridgehead atoms. The highest BCUT2D eigenvalue weighted by Crippen LogP contribution is 2.29. The third-order valence-electron chi connectivity index (χ3n) is 3.15. The van der Waals surface area contributed by atoms with Crippen molar-refractivity contribution in [2.45, 2.75) is 18.9 Å². The van der Waals surface area contributed by atoms with Gasteiger partial charge in [0.15, 0.2) is 5.84 Å². The Bertz CT molecular complexity index is 488. The van der Waals surface area contributed by atoms with Gasteiger partial charge >= 0.3 is 0 Å². The quantitative estimate of drug-likeness (QED) is 0.334. The Morgan fingerprint density at radius 3 is 2.78 bits per heavy atom. The molecule has 2 rings (SSSR count). The number of hydrogen-bond acceptors (Lipinski definition) is 4. The van der Waals surface area contributed by atoms with Crippen LogP contribution in [0.4, 0.5) is 5.69 Å². The third-order valence-corrected chi connectivity index (χ3v) is 3.81. The van der Waals surface area contributed by atoms with Gasteiger partial charge in [0.05, 0.1) is 5.60 Å². The second-order valence-corrected chi connectivity index (χ2v) is 5.67. The second kappa shape index (κ2) is 4.78. The zero-order valence-electron chi connectivity index (χ0n) is 10.1. The molecule has 1 unspecified atom stereocenters. The predicted molar refractivity (Wildman–Crippen MR) is 74.1 cm³/mol. The van der Waals surface area contributed by atoms with Gasteiger partial charge in [0.2, 0.25) is 0 Å². The first-order valence-corrected chi connectivity index (χ1v) is 6.47. The Morgan fingerprint density at radius 1 is 1.56 bits per heavy atom. The van der Waals surface area contributed by atoms with E-state index in [1.165, 1.54) is 0 Å². The van der Waals surface area contributed by atoms with Crippen LogP contribution in [0.25, 0.3) is 0 Å². The molecular formula is C12H16BrN3O2. The Kier molecular flexibility index (Phi) is 3.49. The van der Waals surface area contributed by atoms with Gasteiger partial charge in [0.1, 0.15) is 0 Å². The molecule has 0 amide bonds. The summed E-state index contributed by atoms with van der Waals surface area (Å²) in [6.45, 7) is 3.28. The first-order valence-electron chi connectivity index (χ1n) is 5.68. The number of nitrogens with two attached hydrogens (primary N) is 1. The van der Waals surface area contributed by atoms with Crippen molar-refractivity contribution in [3.05, 3.63) is 28.2 Å². The zero-order valence-corrected chi connectivity index (χ0v) is 11.7. The summed E-state index contributed by atoms with van der Waals surface area (Å²) < 4.78 is 0.766. The van der Waals surface area contributed by atoms with E-state index in [2.05, 4.69) is 26.0 Å². The topological polar surface area (TPSA) is 82.1 Å². The van der Waals surface area contributed by atoms with Crippen LogP contribution in [0.5, 0.6) is 0 Å². The van der Waals surface area contributed by atoms with Crippen LogP contribution in [-0.2, 0) is 0 Å². The average Bonchev–Trinajstić information content (AvgIpc) is 2.68. The summed E-state index contributed by atoms with van der Waals surface area (Å²) >= 11 is 3.40. The summed E-state index contributed by atoms with van der Waals surface area (Å²) in [7, 11) is 0. The normalized spacial score (nSPS) is 24.6. The first-order chi connectivity index (χ1) is 8.43. The van der Waals surface area contributed by atoms with Crippen molar-refractivity contribution in [2.24, 2.45) is 10.9 Å². The van der Waals surface area contributed by atoms with E-state index < -0.39 is 5.60 Å². The van der Waals surface area contributed by atoms with Crippen molar-refractivity contribution in [3.8, 4) is 0 Å². The van der Waals surface area contributed by atoms with Gasteiger partial charge in [-0.15, -0.1) is 0 Å². The molecule has 0 aliphatic carbocycles. The molecular weight excluding hydrogens is 298 g/mol. The largest absolute Gasteiger partial charge is 0.409 e. The average molecular weight is 314 g/mol. The maximum atomic E-state index is 9.95. The molecule has 1 fully saturated rings. The van der Waals surface area contributed by atoms with Gasteiger partial charge < -0.3 is 20.9 Å². The molecule has 1 aliphatic heterocycles. The fraction of sp³-hybridized carbons (Fsp3) is 0.417. The van der Waals surface area contributed by atoms with Gasteiger partial charge in [-0.1, -0.05) is 5.16 Å². The van der Waals surface area contributed by atoms with Crippen LogP contribution in [0.1, 0.15) is 18.9 Å². The van der Waals surface area contributed by atoms with Gasteiger partial charge in [-0.2, -0.15) is 0 Å². The van der Waals surface area contributed by atoms with Crippen LogP contribution < -0.4 is 10.6 Å². The number of anilines is 1. The Balaban J connectivity index is 2.25. The molecule has 6 heteroatoms. The number of hydrogen-bond donors (Lipinski definition) is 3. The van der Waals surface area contributed by atoms with Gasteiger partial charge in [-0.25, -0.2) is 0 Å². The highest BCUT2D eigenvalue weighted by atomic mass is 79.9. The molecule has 1 aliphatic rings. The number of amidine groups is 1. The van der Waals surface area contributed by atoms with Crippen molar-refractivity contribution < 1.29 is 10.3 Å². The number of rotatable bonds is 2. The van der Waals surface area contributed by atoms with Crippen molar-refractivity contribution in [2.75, 3.05) is 18.0 Å². The summed E-state index contributed by atoms with van der Waals surface area (Å²) in [5.74, 6) is 0.0712. The standard InChI is InChI=1S/C12H16BrN3O2/c1-12(17)4-5-16(7-12)8-2-3-9(10(13)6-8)11(14)15-18/h2-3,6,17-18H,4-5,7H2,1H3,(H2,14,15). The van der Waals surface area contributed by atoms with E-state index in [4.69, 9.17) is 10.9 Å². The summed E-state index contributed by atoms with van der Waals surface area (Å²) in [6, 6.07) is 5.61. The molecule has 0 aromatic heterocycles. The first kappa shape index (κ1) is 13.2. The molecule has 1 saturated heterocycles. The maximum absolute atomic E-state index is 9.95. The van der Waals surface area contributed by atoms with Crippen LogP contribution >= 0.6 is 15.9 Å². The van der Waals surface area contributed by atoms with Gasteiger partial charge in [-0.05, 0) is 47.5 Å². The van der Waals surface area contributed by atoms with Gasteiger partial charge in [-0.3, -0.25) is 0 Å². The van der Waals surface area contributed by atoms with E-state index in [1.54, 1.807) is 6.07 Å². The highest BCUT2D eigenvalue weighted by molar-refractivity contribution is 9.10. The van der Waals surface area contributed by atoms with Crippen LogP contribution in [0.2, 0.25) is 0 Å². The lowest BCUT2D eigenvalue weighted by atomic mass is 10.1. The van der Waals surface area contributed by atoms with E-state index >= 15 is 0 Å². The molecule has 98 valence electrons. The fourth-order valence-electron chi connectivity index (χ4n) is 2.13. The summed E-state index contributed by atoms with van der Waals surface area (Å²) in [5.41, 5.74) is 6.58. The molecule has 1 heterocycles. The van der Waals surface area contributed by atoms with Crippen molar-refractivity contribution in [1.29, 1.82) is 0 Å². The lowest BCUT2D eigenvalue weighted by Crippen LogP contribution is -2.29. The smallest absolute Gasteiger partial charge is 0.171 e. The molecule has 0 spiro atoms. The molecule has 5 nitrogen and oxygen atoms in total. The monoisotopic (exact) mass is 313 g/mol. The third kappa shape index (κ3) is 2.59. The minimum atomic E-state index is -0.628. The highest BCUT2D eigenvalue weighted by Gasteiger charge is 2.31.